The van der Waals surface area contributed by atoms with Crippen LogP contribution < -0.4 is 21.3 Å². The Labute approximate surface area is 829 Å². The lowest BCUT2D eigenvalue weighted by atomic mass is 9.74. The van der Waals surface area contributed by atoms with E-state index in [1.165, 1.54) is 90.1 Å². The Balaban J connectivity index is 0.000000165. The van der Waals surface area contributed by atoms with Gasteiger partial charge in [0.05, 0.1) is 93.3 Å². The Kier molecular flexibility index (Phi) is 33.2. The van der Waals surface area contributed by atoms with Gasteiger partial charge in [-0.1, -0.05) is 48.5 Å². The number of benzene rings is 8. The molecule has 4 amide bonds. The van der Waals surface area contributed by atoms with Crippen molar-refractivity contribution in [1.29, 1.82) is 0 Å². The summed E-state index contributed by atoms with van der Waals surface area (Å²) >= 11 is 0. The van der Waals surface area contributed by atoms with Crippen LogP contribution in [-0.4, -0.2) is 115 Å². The molecule has 16 nitrogen and oxygen atoms in total. The van der Waals surface area contributed by atoms with Crippen LogP contribution in [0.1, 0.15) is 270 Å². The highest BCUT2D eigenvalue weighted by Gasteiger charge is 2.58. The Morgan fingerprint density at radius 2 is 0.486 bits per heavy atom. The zero-order valence-corrected chi connectivity index (χ0v) is 79.8. The van der Waals surface area contributed by atoms with Crippen molar-refractivity contribution in [2.24, 2.45) is 23.7 Å². The van der Waals surface area contributed by atoms with E-state index in [0.29, 0.717) is 122 Å². The molecule has 4 aliphatic carbocycles. The number of halogens is 28. The molecular weight excluding hydrogens is 2030 g/mol. The van der Waals surface area contributed by atoms with E-state index in [2.05, 4.69) is 21.3 Å². The number of ether oxygens (including phenoxy) is 4. The van der Waals surface area contributed by atoms with Gasteiger partial charge in [-0.3, -0.25) is 19.2 Å². The van der Waals surface area contributed by atoms with E-state index >= 15 is 0 Å². The van der Waals surface area contributed by atoms with E-state index in [1.54, 1.807) is 62.4 Å². The molecule has 148 heavy (non-hydrogen) atoms. The van der Waals surface area contributed by atoms with Gasteiger partial charge < -0.3 is 60.6 Å². The summed E-state index contributed by atoms with van der Waals surface area (Å²) in [7, 11) is 0. The molecule has 0 radical (unpaired) electrons. The minimum Gasteiger partial charge on any atom is -0.383 e. The second-order valence-corrected chi connectivity index (χ2v) is 40.2. The van der Waals surface area contributed by atoms with Gasteiger partial charge in [0.2, 0.25) is 11.8 Å². The maximum Gasteiger partial charge on any atom is 0.416 e. The van der Waals surface area contributed by atoms with Crippen LogP contribution >= 0.6 is 0 Å². The van der Waals surface area contributed by atoms with Crippen LogP contribution in [0.3, 0.4) is 0 Å². The average Bonchev–Trinajstić information content (AvgIpc) is 1.60. The lowest BCUT2D eigenvalue weighted by Gasteiger charge is -2.37. The Hall–Kier alpha value is -10.6. The number of alkyl halides is 24. The van der Waals surface area contributed by atoms with Crippen LogP contribution in [0.15, 0.2) is 170 Å². The molecule has 4 saturated carbocycles. The van der Waals surface area contributed by atoms with Gasteiger partial charge in [0.25, 0.3) is 11.8 Å². The van der Waals surface area contributed by atoms with Crippen molar-refractivity contribution < 1.29 is 181 Å². The minimum atomic E-state index is -4.99. The molecule has 16 rings (SSSR count). The molecule has 24 atom stereocenters. The Morgan fingerprint density at radius 1 is 0.291 bits per heavy atom. The van der Waals surface area contributed by atoms with E-state index in [0.717, 1.165) is 0 Å². The molecule has 0 unspecified atom stereocenters. The van der Waals surface area contributed by atoms with E-state index in [1.807, 2.05) is 0 Å². The van der Waals surface area contributed by atoms with Crippen LogP contribution in [0.4, 0.5) is 123 Å². The number of carbonyl (C=O) groups is 4. The molecule has 0 aromatic heterocycles. The topological polar surface area (TPSA) is 234 Å². The average molecular weight is 2130 g/mol. The van der Waals surface area contributed by atoms with Gasteiger partial charge in [-0.2, -0.15) is 105 Å². The van der Waals surface area contributed by atoms with Gasteiger partial charge in [0.15, 0.2) is 0 Å². The van der Waals surface area contributed by atoms with Crippen LogP contribution in [0, 0.1) is 46.9 Å². The van der Waals surface area contributed by atoms with Crippen molar-refractivity contribution >= 4 is 23.6 Å². The Morgan fingerprint density at radius 3 is 0.669 bits per heavy atom. The fourth-order valence-electron chi connectivity index (χ4n) is 22.2. The van der Waals surface area contributed by atoms with Gasteiger partial charge in [0.1, 0.15) is 46.7 Å². The van der Waals surface area contributed by atoms with Crippen molar-refractivity contribution in [3.63, 3.8) is 0 Å². The number of carbonyl (C=O) groups excluding carboxylic acids is 4. The molecule has 8 N–H and O–H groups in total. The number of amides is 4. The number of hydrogen-bond acceptors (Lipinski definition) is 12. The third kappa shape index (κ3) is 26.6. The summed E-state index contributed by atoms with van der Waals surface area (Å²) in [4.78, 5) is 48.5. The lowest BCUT2D eigenvalue weighted by molar-refractivity contribution is -0.145. The van der Waals surface area contributed by atoms with Gasteiger partial charge >= 0.3 is 49.4 Å². The largest absolute Gasteiger partial charge is 0.416 e. The first kappa shape index (κ1) is 114. The quantitative estimate of drug-likeness (QED) is 0.0333. The molecule has 8 fully saturated rings. The van der Waals surface area contributed by atoms with E-state index in [-0.39, 0.29) is 95.9 Å². The lowest BCUT2D eigenvalue weighted by Crippen LogP contribution is -2.47. The van der Waals surface area contributed by atoms with E-state index in [9.17, 15) is 163 Å². The van der Waals surface area contributed by atoms with Crippen LogP contribution in [0.25, 0.3) is 0 Å². The van der Waals surface area contributed by atoms with Crippen LogP contribution in [-0.2, 0) is 87.5 Å². The summed E-state index contributed by atoms with van der Waals surface area (Å²) in [6.45, 7) is 11.9. The minimum absolute atomic E-state index is 0.0673. The first-order valence-electron chi connectivity index (χ1n) is 47.2. The van der Waals surface area contributed by atoms with Crippen molar-refractivity contribution in [3.8, 4) is 0 Å². The monoisotopic (exact) mass is 2130 g/mol. The highest BCUT2D eigenvalue weighted by Crippen LogP contribution is 2.57. The van der Waals surface area contributed by atoms with Crippen molar-refractivity contribution in [3.05, 3.63) is 282 Å². The predicted molar refractivity (Wildman–Crippen MR) is 475 cm³/mol. The summed E-state index contributed by atoms with van der Waals surface area (Å²) in [5, 5.41) is 52.0. The van der Waals surface area contributed by atoms with Crippen molar-refractivity contribution in [2.45, 2.75) is 301 Å². The molecule has 0 spiro atoms. The molecule has 808 valence electrons. The smallest absolute Gasteiger partial charge is 0.383 e. The maximum absolute atomic E-state index is 13.6. The zero-order chi connectivity index (χ0) is 109. The third-order valence-electron chi connectivity index (χ3n) is 29.5. The van der Waals surface area contributed by atoms with Gasteiger partial charge in [-0.25, -0.2) is 17.6 Å². The number of hydrogen-bond donors (Lipinski definition) is 8. The van der Waals surface area contributed by atoms with Gasteiger partial charge in [-0.05, 0) is 296 Å². The molecular formula is C104H104F28N4O12. The number of aliphatic hydroxyl groups is 4. The van der Waals surface area contributed by atoms with Crippen molar-refractivity contribution in [1.82, 2.24) is 21.3 Å². The Bertz CT molecular complexity index is 5540. The summed E-state index contributed by atoms with van der Waals surface area (Å²) < 4.78 is 399. The zero-order valence-electron chi connectivity index (χ0n) is 79.8. The molecule has 8 aliphatic rings. The second-order valence-electron chi connectivity index (χ2n) is 40.2. The van der Waals surface area contributed by atoms with Gasteiger partial charge in [0, 0.05) is 72.5 Å². The van der Waals surface area contributed by atoms with Crippen LogP contribution in [0.2, 0.25) is 0 Å². The number of rotatable bonds is 20. The molecule has 44 heteroatoms. The molecule has 0 bridgehead atoms. The highest BCUT2D eigenvalue weighted by molar-refractivity contribution is 5.88. The predicted octanol–water partition coefficient (Wildman–Crippen LogP) is 24.6. The highest BCUT2D eigenvalue weighted by atomic mass is 19.4. The third-order valence-corrected chi connectivity index (χ3v) is 29.5. The molecule has 4 aliphatic heterocycles. The fourth-order valence-corrected chi connectivity index (χ4v) is 22.2. The summed E-state index contributed by atoms with van der Waals surface area (Å²) in [6, 6.07) is 26.9. The SMILES string of the molecule is C[C@@H](O[C@H]1CC[C@@H]([C@H]2C[C@@](C)(O)C(=O)N2)[C@@H]1c1ccc(F)cc1)c1cc(C(F)(F)F)cc(C(F)(F)F)c1.C[C@@H](O[C@H]1CC[C@@H]([C@H]2C[C@](C)(O)C(=O)N2)[C@@H]1c1ccc(F)cc1)c1cc(C(F)(F)F)cc(C(F)(F)F)c1.C[C@@H](O[C@H]1CC[C@@H]([C@]2(C)C[C@@H](O)C(=O)N2)[C@@H]1c1ccc(F)cc1)c1cc(C(F)(F)F)cc(C(F)(F)F)c1.C[C@@H](O[C@H]1CC[C@@H]([C@]2(C)C[C@H](O)C(=O)N2)[C@@H]1c1ccc(F)cc1)c1cc(C(F)(F)F)cc(C(F)(F)F)c1. The molecule has 8 aromatic rings. The van der Waals surface area contributed by atoms with Crippen molar-refractivity contribution in [2.75, 3.05) is 0 Å². The number of nitrogens with one attached hydrogen (secondary N) is 4. The standard InChI is InChI=1S/4C26H26F7NO3/c2*1-13(15-9-16(25(28,29)30)11-17(10-15)26(31,32)33)37-21-8-7-19(24(2)12-20(35)23(36)34-24)22(21)14-3-5-18(27)6-4-14;2*1-13(15-9-16(25(28,29)30)11-17(10-15)26(31,32)33)37-21-8-7-19(20-12-24(2,36)23(35)34-20)22(21)14-3-5-18(27)6-4-14/h2*3-6,9-11,13,19-22,35H,7-8,12H2,1-2H3,(H,34,36);2*3-6,9-11,13,19-22,36H,7-8,12H2,1-2H3,(H,34,35)/t13-,19-,20+,21+,22+,24+;13-,19-,20-,21+,22+,24+;13-,19+,20-,21+,22+,24+;13-,19+,20-,21+,22+,24-/m1111/s1. The van der Waals surface area contributed by atoms with E-state index < -0.39 is 260 Å². The molecule has 4 heterocycles. The summed E-state index contributed by atoms with van der Waals surface area (Å²) in [5.74, 6) is -6.96. The maximum atomic E-state index is 13.6. The second kappa shape index (κ2) is 42.9. The summed E-state index contributed by atoms with van der Waals surface area (Å²) in [5.41, 5.74) is -14.7. The van der Waals surface area contributed by atoms with E-state index in [4.69, 9.17) is 18.9 Å². The molecule has 8 aromatic carbocycles. The van der Waals surface area contributed by atoms with Gasteiger partial charge in [-0.15, -0.1) is 0 Å². The first-order chi connectivity index (χ1) is 68.3. The van der Waals surface area contributed by atoms with Crippen LogP contribution in [0.5, 0.6) is 0 Å². The fraction of sp³-hybridized carbons (Fsp3) is 0.500. The summed E-state index contributed by atoms with van der Waals surface area (Å²) in [6.07, 6.45) is -45.3. The number of aliphatic hydroxyl groups excluding tert-OH is 2. The normalized spacial score (nSPS) is 29.4. The molecule has 4 saturated heterocycles. The first-order valence-corrected chi connectivity index (χ1v) is 47.2.